The van der Waals surface area contributed by atoms with Crippen LogP contribution < -0.4 is 5.32 Å². The van der Waals surface area contributed by atoms with Crippen molar-refractivity contribution in [3.8, 4) is 6.07 Å². The fourth-order valence-corrected chi connectivity index (χ4v) is 3.65. The number of hydrogen-bond donors (Lipinski definition) is 2. The summed E-state index contributed by atoms with van der Waals surface area (Å²) in [6.07, 6.45) is 3.90. The quantitative estimate of drug-likeness (QED) is 0.371. The predicted octanol–water partition coefficient (Wildman–Crippen LogP) is 2.64. The number of nitrogens with one attached hydrogen (secondary N) is 1. The lowest BCUT2D eigenvalue weighted by Gasteiger charge is -2.08. The second kappa shape index (κ2) is 7.95. The lowest BCUT2D eigenvalue weighted by Crippen LogP contribution is -2.15. The van der Waals surface area contributed by atoms with Crippen LogP contribution >= 0.6 is 0 Å². The maximum absolute atomic E-state index is 12.5. The zero-order valence-electron chi connectivity index (χ0n) is 15.0. The Balaban J connectivity index is 1.84. The van der Waals surface area contributed by atoms with Crippen molar-refractivity contribution in [2.45, 2.75) is 16.7 Å². The summed E-state index contributed by atoms with van der Waals surface area (Å²) in [4.78, 5) is 16.2. The van der Waals surface area contributed by atoms with Gasteiger partial charge in [-0.05, 0) is 43.3 Å². The number of rotatable bonds is 5. The number of sulfone groups is 1. The number of nitrogens with zero attached hydrogens (tertiary/aromatic N) is 3. The summed E-state index contributed by atoms with van der Waals surface area (Å²) >= 11 is 0. The molecule has 0 aliphatic rings. The van der Waals surface area contributed by atoms with Gasteiger partial charge in [0.1, 0.15) is 11.8 Å². The molecule has 0 spiro atoms. The van der Waals surface area contributed by atoms with Gasteiger partial charge in [-0.25, -0.2) is 8.42 Å². The molecule has 2 heterocycles. The third-order valence-corrected chi connectivity index (χ3v) is 5.70. The Labute approximate surface area is 165 Å². The van der Waals surface area contributed by atoms with E-state index in [2.05, 4.69) is 15.5 Å². The highest BCUT2D eigenvalue weighted by molar-refractivity contribution is 7.91. The molecule has 0 aliphatic carbocycles. The first kappa shape index (κ1) is 19.8. The Bertz CT molecular complexity index is 1220. The largest absolute Gasteiger partial charge is 0.506 e. The fraction of sp³-hybridized carbons (Fsp3) is 0.0526. The summed E-state index contributed by atoms with van der Waals surface area (Å²) in [6, 6.07) is 9.96. The number of nitriles is 1. The third-order valence-electron chi connectivity index (χ3n) is 3.95. The highest BCUT2D eigenvalue weighted by Gasteiger charge is 2.21. The minimum absolute atomic E-state index is 0.0162. The van der Waals surface area contributed by atoms with Gasteiger partial charge in [-0.2, -0.15) is 5.26 Å². The molecule has 0 saturated heterocycles. The van der Waals surface area contributed by atoms with E-state index in [9.17, 15) is 23.6 Å². The van der Waals surface area contributed by atoms with Crippen LogP contribution in [0.5, 0.6) is 0 Å². The molecular weight excluding hydrogens is 396 g/mol. The van der Waals surface area contributed by atoms with Crippen molar-refractivity contribution in [3.63, 3.8) is 0 Å². The second-order valence-electron chi connectivity index (χ2n) is 5.80. The maximum Gasteiger partial charge on any atom is 0.270 e. The molecule has 0 fully saturated rings. The Morgan fingerprint density at radius 1 is 1.17 bits per heavy atom. The maximum atomic E-state index is 12.5. The minimum atomic E-state index is -3.75. The van der Waals surface area contributed by atoms with Gasteiger partial charge in [0.15, 0.2) is 11.3 Å². The van der Waals surface area contributed by atoms with Crippen molar-refractivity contribution >= 4 is 27.2 Å². The van der Waals surface area contributed by atoms with Gasteiger partial charge < -0.3 is 14.9 Å². The number of hydrogen-bond acceptors (Lipinski definition) is 8. The lowest BCUT2D eigenvalue weighted by atomic mass is 10.1. The monoisotopic (exact) mass is 410 g/mol. The molecule has 0 unspecified atom stereocenters. The van der Waals surface area contributed by atoms with Crippen LogP contribution in [-0.4, -0.2) is 29.6 Å². The van der Waals surface area contributed by atoms with Gasteiger partial charge in [0.25, 0.3) is 5.91 Å². The molecule has 3 aromatic rings. The van der Waals surface area contributed by atoms with Crippen molar-refractivity contribution in [1.29, 1.82) is 5.26 Å². The molecule has 2 N–H and O–H groups in total. The van der Waals surface area contributed by atoms with Gasteiger partial charge in [0, 0.05) is 18.1 Å². The first-order valence-electron chi connectivity index (χ1n) is 8.16. The van der Waals surface area contributed by atoms with E-state index in [0.29, 0.717) is 0 Å². The Morgan fingerprint density at radius 3 is 2.45 bits per heavy atom. The van der Waals surface area contributed by atoms with E-state index in [1.54, 1.807) is 6.07 Å². The van der Waals surface area contributed by atoms with E-state index in [4.69, 9.17) is 4.52 Å². The van der Waals surface area contributed by atoms with E-state index in [-0.39, 0.29) is 26.8 Å². The number of aromatic nitrogens is 2. The number of pyridine rings is 1. The summed E-state index contributed by atoms with van der Waals surface area (Å²) in [7, 11) is -3.75. The standard InChI is InChI=1S/C19H14N4O5S/c1-12-17(11-22-28-12)18(24)16(9-20)19(25)23-13-4-6-14(7-5-13)29(26,27)15-3-2-8-21-10-15/h2-8,10-11,24H,1H3,(H,23,25)/b18-16-. The lowest BCUT2D eigenvalue weighted by molar-refractivity contribution is -0.112. The average Bonchev–Trinajstić information content (AvgIpc) is 3.15. The topological polar surface area (TPSA) is 146 Å². The fourth-order valence-electron chi connectivity index (χ4n) is 2.43. The van der Waals surface area contributed by atoms with E-state index in [1.165, 1.54) is 61.9 Å². The first-order chi connectivity index (χ1) is 13.8. The van der Waals surface area contributed by atoms with Gasteiger partial charge in [0.05, 0.1) is 21.6 Å². The molecule has 0 atom stereocenters. The van der Waals surface area contributed by atoms with Crippen LogP contribution in [-0.2, 0) is 14.6 Å². The van der Waals surface area contributed by atoms with E-state index in [1.807, 2.05) is 0 Å². The van der Waals surface area contributed by atoms with Crippen LogP contribution in [0.1, 0.15) is 11.3 Å². The zero-order chi connectivity index (χ0) is 21.0. The average molecular weight is 410 g/mol. The summed E-state index contributed by atoms with van der Waals surface area (Å²) in [5.74, 6) is -1.19. The smallest absolute Gasteiger partial charge is 0.270 e. The third kappa shape index (κ3) is 3.99. The van der Waals surface area contributed by atoms with Crippen LogP contribution in [0.15, 0.2) is 74.9 Å². The number of carbonyl (C=O) groups excluding carboxylic acids is 1. The van der Waals surface area contributed by atoms with Gasteiger partial charge in [-0.3, -0.25) is 9.78 Å². The molecule has 3 rings (SSSR count). The first-order valence-corrected chi connectivity index (χ1v) is 9.64. The van der Waals surface area contributed by atoms with E-state index < -0.39 is 27.1 Å². The van der Waals surface area contributed by atoms with Gasteiger partial charge in [-0.1, -0.05) is 5.16 Å². The van der Waals surface area contributed by atoms with Gasteiger partial charge in [0.2, 0.25) is 9.84 Å². The molecule has 146 valence electrons. The van der Waals surface area contributed by atoms with Crippen molar-refractivity contribution in [3.05, 3.63) is 71.9 Å². The summed E-state index contributed by atoms with van der Waals surface area (Å²) in [5, 5.41) is 25.4. The summed E-state index contributed by atoms with van der Waals surface area (Å²) < 4.78 is 29.9. The molecular formula is C19H14N4O5S. The number of aliphatic hydroxyl groups excluding tert-OH is 1. The number of amides is 1. The number of benzene rings is 1. The molecule has 2 aromatic heterocycles. The van der Waals surface area contributed by atoms with Crippen LogP contribution in [0, 0.1) is 18.3 Å². The second-order valence-corrected chi connectivity index (χ2v) is 7.75. The molecule has 9 nitrogen and oxygen atoms in total. The number of carbonyl (C=O) groups is 1. The molecule has 10 heteroatoms. The van der Waals surface area contributed by atoms with Gasteiger partial charge in [-0.15, -0.1) is 0 Å². The molecule has 1 amide bonds. The normalized spacial score (nSPS) is 12.0. The van der Waals surface area contributed by atoms with Crippen molar-refractivity contribution in [2.24, 2.45) is 0 Å². The molecule has 29 heavy (non-hydrogen) atoms. The van der Waals surface area contributed by atoms with Crippen LogP contribution in [0.3, 0.4) is 0 Å². The van der Waals surface area contributed by atoms with Gasteiger partial charge >= 0.3 is 0 Å². The van der Waals surface area contributed by atoms with Crippen LogP contribution in [0.25, 0.3) is 5.76 Å². The Morgan fingerprint density at radius 2 is 1.90 bits per heavy atom. The van der Waals surface area contributed by atoms with Crippen molar-refractivity contribution in [1.82, 2.24) is 10.1 Å². The molecule has 0 radical (unpaired) electrons. The minimum Gasteiger partial charge on any atom is -0.506 e. The number of aliphatic hydroxyl groups is 1. The molecule has 0 aliphatic heterocycles. The van der Waals surface area contributed by atoms with E-state index >= 15 is 0 Å². The summed E-state index contributed by atoms with van der Waals surface area (Å²) in [6.45, 7) is 1.52. The molecule has 0 bridgehead atoms. The SMILES string of the molecule is Cc1oncc1/C(O)=C(\C#N)C(=O)Nc1ccc(S(=O)(=O)c2cccnc2)cc1. The molecule has 0 saturated carbocycles. The number of anilines is 1. The zero-order valence-corrected chi connectivity index (χ0v) is 15.8. The van der Waals surface area contributed by atoms with Crippen LogP contribution in [0.4, 0.5) is 5.69 Å². The van der Waals surface area contributed by atoms with E-state index in [0.717, 1.165) is 0 Å². The van der Waals surface area contributed by atoms with Crippen LogP contribution in [0.2, 0.25) is 0 Å². The van der Waals surface area contributed by atoms with Crippen molar-refractivity contribution in [2.75, 3.05) is 5.32 Å². The number of aryl methyl sites for hydroxylation is 1. The molecule has 1 aromatic carbocycles. The highest BCUT2D eigenvalue weighted by atomic mass is 32.2. The van der Waals surface area contributed by atoms with Crippen molar-refractivity contribution < 1.29 is 22.8 Å². The predicted molar refractivity (Wildman–Crippen MR) is 101 cm³/mol. The highest BCUT2D eigenvalue weighted by Crippen LogP contribution is 2.23. The Hall–Kier alpha value is -3.97. The summed E-state index contributed by atoms with van der Waals surface area (Å²) in [5.41, 5.74) is -0.180. The Kier molecular flexibility index (Phi) is 5.43.